The maximum absolute atomic E-state index is 13.3. The number of halogens is 1. The SMILES string of the molecule is CC1CCN(C(=O)c2cc(F)ccc2[N+](=O)[O-])C(C)C1. The van der Waals surface area contributed by atoms with E-state index in [1.165, 1.54) is 0 Å². The van der Waals surface area contributed by atoms with E-state index in [0.717, 1.165) is 31.0 Å². The van der Waals surface area contributed by atoms with Gasteiger partial charge in [-0.1, -0.05) is 6.92 Å². The van der Waals surface area contributed by atoms with Gasteiger partial charge in [-0.25, -0.2) is 4.39 Å². The van der Waals surface area contributed by atoms with Gasteiger partial charge in [-0.15, -0.1) is 0 Å². The van der Waals surface area contributed by atoms with Crippen molar-refractivity contribution >= 4 is 11.6 Å². The molecule has 0 N–H and O–H groups in total. The Bertz CT molecular complexity index is 547. The van der Waals surface area contributed by atoms with Crippen LogP contribution in [0.1, 0.15) is 37.0 Å². The molecule has 1 saturated heterocycles. The van der Waals surface area contributed by atoms with Gasteiger partial charge in [-0.05, 0) is 37.8 Å². The van der Waals surface area contributed by atoms with Crippen LogP contribution in [0, 0.1) is 21.8 Å². The van der Waals surface area contributed by atoms with Gasteiger partial charge in [0, 0.05) is 18.7 Å². The van der Waals surface area contributed by atoms with Crippen molar-refractivity contribution in [2.45, 2.75) is 32.7 Å². The first-order valence-electron chi connectivity index (χ1n) is 6.65. The molecule has 108 valence electrons. The highest BCUT2D eigenvalue weighted by Crippen LogP contribution is 2.27. The summed E-state index contributed by atoms with van der Waals surface area (Å²) in [6.07, 6.45) is 1.72. The zero-order chi connectivity index (χ0) is 14.9. The fourth-order valence-electron chi connectivity index (χ4n) is 2.70. The summed E-state index contributed by atoms with van der Waals surface area (Å²) in [6, 6.07) is 3.00. The van der Waals surface area contributed by atoms with Gasteiger partial charge >= 0.3 is 0 Å². The highest BCUT2D eigenvalue weighted by atomic mass is 19.1. The number of likely N-dealkylation sites (tertiary alicyclic amines) is 1. The fourth-order valence-corrected chi connectivity index (χ4v) is 2.70. The Morgan fingerprint density at radius 2 is 2.15 bits per heavy atom. The number of carbonyl (C=O) groups excluding carboxylic acids is 1. The molecule has 1 heterocycles. The summed E-state index contributed by atoms with van der Waals surface area (Å²) in [7, 11) is 0. The van der Waals surface area contributed by atoms with Gasteiger partial charge in [0.15, 0.2) is 0 Å². The molecular weight excluding hydrogens is 263 g/mol. The Labute approximate surface area is 116 Å². The number of nitro groups is 1. The third kappa shape index (κ3) is 2.79. The van der Waals surface area contributed by atoms with Crippen LogP contribution in [0.2, 0.25) is 0 Å². The predicted octanol–water partition coefficient (Wildman–Crippen LogP) is 2.99. The number of piperidine rings is 1. The third-order valence-electron chi connectivity index (χ3n) is 3.78. The molecule has 1 aromatic carbocycles. The number of nitrogens with zero attached hydrogens (tertiary/aromatic N) is 2. The molecule has 0 aromatic heterocycles. The van der Waals surface area contributed by atoms with Gasteiger partial charge in [-0.3, -0.25) is 14.9 Å². The molecule has 5 nitrogen and oxygen atoms in total. The standard InChI is InChI=1S/C14H17FN2O3/c1-9-5-6-16(10(2)7-9)14(18)12-8-11(15)3-4-13(12)17(19)20/h3-4,8-10H,5-7H2,1-2H3. The first kappa shape index (κ1) is 14.4. The monoisotopic (exact) mass is 280 g/mol. The number of benzene rings is 1. The van der Waals surface area contributed by atoms with Gasteiger partial charge < -0.3 is 4.90 Å². The lowest BCUT2D eigenvalue weighted by molar-refractivity contribution is -0.385. The average Bonchev–Trinajstić information content (AvgIpc) is 2.37. The smallest absolute Gasteiger partial charge is 0.282 e. The summed E-state index contributed by atoms with van der Waals surface area (Å²) in [5.41, 5.74) is -0.515. The summed E-state index contributed by atoms with van der Waals surface area (Å²) < 4.78 is 13.3. The molecule has 2 atom stereocenters. The number of nitro benzene ring substituents is 1. The molecule has 20 heavy (non-hydrogen) atoms. The number of rotatable bonds is 2. The lowest BCUT2D eigenvalue weighted by Crippen LogP contribution is -2.44. The zero-order valence-electron chi connectivity index (χ0n) is 11.5. The Morgan fingerprint density at radius 1 is 1.45 bits per heavy atom. The summed E-state index contributed by atoms with van der Waals surface area (Å²) in [6.45, 7) is 4.58. The van der Waals surface area contributed by atoms with Gasteiger partial charge in [0.2, 0.25) is 0 Å². The largest absolute Gasteiger partial charge is 0.336 e. The van der Waals surface area contributed by atoms with Crippen molar-refractivity contribution in [1.29, 1.82) is 0 Å². The summed E-state index contributed by atoms with van der Waals surface area (Å²) in [5, 5.41) is 11.0. The number of hydrogen-bond donors (Lipinski definition) is 0. The number of hydrogen-bond acceptors (Lipinski definition) is 3. The summed E-state index contributed by atoms with van der Waals surface area (Å²) >= 11 is 0. The van der Waals surface area contributed by atoms with E-state index in [-0.39, 0.29) is 17.3 Å². The molecule has 0 aliphatic carbocycles. The second kappa shape index (κ2) is 5.56. The minimum Gasteiger partial charge on any atom is -0.336 e. The second-order valence-corrected chi connectivity index (χ2v) is 5.40. The fraction of sp³-hybridized carbons (Fsp3) is 0.500. The normalized spacial score (nSPS) is 22.6. The van der Waals surface area contributed by atoms with Crippen LogP contribution in [0.3, 0.4) is 0 Å². The van der Waals surface area contributed by atoms with Gasteiger partial charge in [0.1, 0.15) is 11.4 Å². The topological polar surface area (TPSA) is 63.5 Å². The second-order valence-electron chi connectivity index (χ2n) is 5.40. The van der Waals surface area contributed by atoms with E-state index in [1.807, 2.05) is 6.92 Å². The molecule has 2 rings (SSSR count). The van der Waals surface area contributed by atoms with Gasteiger partial charge in [0.25, 0.3) is 11.6 Å². The van der Waals surface area contributed by atoms with Crippen LogP contribution >= 0.6 is 0 Å². The Hall–Kier alpha value is -1.98. The molecule has 0 bridgehead atoms. The molecule has 1 fully saturated rings. The van der Waals surface area contributed by atoms with Crippen LogP contribution in [-0.2, 0) is 0 Å². The number of carbonyl (C=O) groups is 1. The van der Waals surface area contributed by atoms with E-state index in [2.05, 4.69) is 6.92 Å². The van der Waals surface area contributed by atoms with Gasteiger partial charge in [-0.2, -0.15) is 0 Å². The van der Waals surface area contributed by atoms with Crippen molar-refractivity contribution in [3.8, 4) is 0 Å². The van der Waals surface area contributed by atoms with Crippen LogP contribution in [0.15, 0.2) is 18.2 Å². The van der Waals surface area contributed by atoms with Gasteiger partial charge in [0.05, 0.1) is 4.92 Å². The van der Waals surface area contributed by atoms with Crippen molar-refractivity contribution in [3.63, 3.8) is 0 Å². The van der Waals surface area contributed by atoms with Crippen molar-refractivity contribution < 1.29 is 14.1 Å². The first-order chi connectivity index (χ1) is 9.40. The molecule has 1 amide bonds. The van der Waals surface area contributed by atoms with Crippen LogP contribution in [0.5, 0.6) is 0 Å². The Morgan fingerprint density at radius 3 is 2.75 bits per heavy atom. The van der Waals surface area contributed by atoms with Crippen LogP contribution < -0.4 is 0 Å². The summed E-state index contributed by atoms with van der Waals surface area (Å²) in [4.78, 5) is 24.4. The third-order valence-corrected chi connectivity index (χ3v) is 3.78. The van der Waals surface area contributed by atoms with E-state index in [4.69, 9.17) is 0 Å². The minimum absolute atomic E-state index is 0.00845. The van der Waals surface area contributed by atoms with Crippen LogP contribution in [0.4, 0.5) is 10.1 Å². The molecule has 1 aromatic rings. The maximum Gasteiger partial charge on any atom is 0.282 e. The van der Waals surface area contributed by atoms with Crippen molar-refractivity contribution in [3.05, 3.63) is 39.7 Å². The quantitative estimate of drug-likeness (QED) is 0.618. The Kier molecular flexibility index (Phi) is 4.01. The van der Waals surface area contributed by atoms with Crippen molar-refractivity contribution in [2.24, 2.45) is 5.92 Å². The predicted molar refractivity (Wildman–Crippen MR) is 72.0 cm³/mol. The highest BCUT2D eigenvalue weighted by molar-refractivity contribution is 5.98. The molecule has 1 aliphatic rings. The van der Waals surface area contributed by atoms with Crippen molar-refractivity contribution in [2.75, 3.05) is 6.54 Å². The molecule has 0 radical (unpaired) electrons. The van der Waals surface area contributed by atoms with Crippen LogP contribution in [0.25, 0.3) is 0 Å². The Balaban J connectivity index is 2.33. The molecule has 2 unspecified atom stereocenters. The summed E-state index contributed by atoms with van der Waals surface area (Å²) in [5.74, 6) is -0.580. The molecule has 0 spiro atoms. The van der Waals surface area contributed by atoms with Crippen LogP contribution in [-0.4, -0.2) is 28.3 Å². The first-order valence-corrected chi connectivity index (χ1v) is 6.65. The molecular formula is C14H17FN2O3. The molecule has 1 aliphatic heterocycles. The lowest BCUT2D eigenvalue weighted by atomic mass is 9.92. The van der Waals surface area contributed by atoms with E-state index >= 15 is 0 Å². The van der Waals surface area contributed by atoms with Crippen molar-refractivity contribution in [1.82, 2.24) is 4.90 Å². The molecule has 6 heteroatoms. The highest BCUT2D eigenvalue weighted by Gasteiger charge is 2.31. The average molecular weight is 280 g/mol. The van der Waals surface area contributed by atoms with E-state index in [9.17, 15) is 19.3 Å². The van der Waals surface area contributed by atoms with E-state index < -0.39 is 16.6 Å². The zero-order valence-corrected chi connectivity index (χ0v) is 11.5. The minimum atomic E-state index is -0.649. The molecule has 0 saturated carbocycles. The van der Waals surface area contributed by atoms with E-state index in [0.29, 0.717) is 12.5 Å². The van der Waals surface area contributed by atoms with E-state index in [1.54, 1.807) is 4.90 Å². The maximum atomic E-state index is 13.3. The lowest BCUT2D eigenvalue weighted by Gasteiger charge is -2.36. The number of amides is 1.